The number of carbonyl (C=O) groups is 2. The fourth-order valence-electron chi connectivity index (χ4n) is 4.40. The lowest BCUT2D eigenvalue weighted by molar-refractivity contribution is -0.384. The smallest absolute Gasteiger partial charge is 0.338 e. The first-order valence-electron chi connectivity index (χ1n) is 8.79. The van der Waals surface area contributed by atoms with Gasteiger partial charge in [-0.3, -0.25) is 10.1 Å². The molecular formula is C19H21NO6. The van der Waals surface area contributed by atoms with Crippen LogP contribution in [0.5, 0.6) is 0 Å². The van der Waals surface area contributed by atoms with Gasteiger partial charge in [-0.05, 0) is 31.2 Å². The Kier molecular flexibility index (Phi) is 5.06. The molecule has 1 aromatic carbocycles. The number of nitro groups is 1. The lowest BCUT2D eigenvalue weighted by Gasteiger charge is -2.38. The first-order valence-corrected chi connectivity index (χ1v) is 8.79. The number of ether oxygens (including phenoxy) is 1. The second-order valence-corrected chi connectivity index (χ2v) is 6.76. The average molecular weight is 359 g/mol. The molecule has 0 aliphatic heterocycles. The van der Waals surface area contributed by atoms with Gasteiger partial charge in [0, 0.05) is 29.9 Å². The number of carbonyl (C=O) groups excluding carboxylic acids is 2. The predicted molar refractivity (Wildman–Crippen MR) is 92.5 cm³/mol. The summed E-state index contributed by atoms with van der Waals surface area (Å²) in [4.78, 5) is 34.9. The second-order valence-electron chi connectivity index (χ2n) is 6.76. The van der Waals surface area contributed by atoms with Crippen molar-refractivity contribution in [3.05, 3.63) is 51.3 Å². The molecule has 7 nitrogen and oxygen atoms in total. The summed E-state index contributed by atoms with van der Waals surface area (Å²) >= 11 is 0. The van der Waals surface area contributed by atoms with Gasteiger partial charge in [0.1, 0.15) is 12.0 Å². The summed E-state index contributed by atoms with van der Waals surface area (Å²) in [5.74, 6) is -2.01. The number of hydrogen-bond acceptors (Lipinski definition) is 6. The number of esters is 1. The van der Waals surface area contributed by atoms with Crippen LogP contribution in [0.4, 0.5) is 5.69 Å². The van der Waals surface area contributed by atoms with Crippen LogP contribution in [0.1, 0.15) is 37.7 Å². The molecule has 4 atom stereocenters. The van der Waals surface area contributed by atoms with Gasteiger partial charge in [-0.1, -0.05) is 18.6 Å². The van der Waals surface area contributed by atoms with E-state index in [2.05, 4.69) is 0 Å². The Balaban J connectivity index is 2.11. The van der Waals surface area contributed by atoms with Crippen molar-refractivity contribution in [2.24, 2.45) is 17.8 Å². The zero-order valence-corrected chi connectivity index (χ0v) is 14.5. The molecule has 0 spiro atoms. The quantitative estimate of drug-likeness (QED) is 0.374. The van der Waals surface area contributed by atoms with Crippen LogP contribution in [0.3, 0.4) is 0 Å². The van der Waals surface area contributed by atoms with Crippen LogP contribution in [-0.2, 0) is 14.3 Å². The molecule has 1 saturated carbocycles. The molecule has 7 heteroatoms. The second kappa shape index (κ2) is 7.27. The number of hydrogen-bond donors (Lipinski definition) is 1. The van der Waals surface area contributed by atoms with Crippen LogP contribution in [0.15, 0.2) is 35.6 Å². The van der Waals surface area contributed by atoms with Crippen LogP contribution >= 0.6 is 0 Å². The van der Waals surface area contributed by atoms with Crippen molar-refractivity contribution in [1.82, 2.24) is 0 Å². The van der Waals surface area contributed by atoms with E-state index >= 15 is 0 Å². The van der Waals surface area contributed by atoms with Gasteiger partial charge in [0.25, 0.3) is 5.69 Å². The van der Waals surface area contributed by atoms with Gasteiger partial charge in [0.05, 0.1) is 17.1 Å². The number of non-ortho nitro benzene ring substituents is 1. The normalized spacial score (nSPS) is 27.7. The lowest BCUT2D eigenvalue weighted by Crippen LogP contribution is -2.37. The van der Waals surface area contributed by atoms with Crippen LogP contribution in [0.25, 0.3) is 0 Å². The van der Waals surface area contributed by atoms with Crippen molar-refractivity contribution in [3.63, 3.8) is 0 Å². The summed E-state index contributed by atoms with van der Waals surface area (Å²) in [5, 5.41) is 21.7. The predicted octanol–water partition coefficient (Wildman–Crippen LogP) is 3.30. The highest BCUT2D eigenvalue weighted by Crippen LogP contribution is 2.52. The fourth-order valence-corrected chi connectivity index (χ4v) is 4.40. The van der Waals surface area contributed by atoms with Crippen LogP contribution < -0.4 is 0 Å². The average Bonchev–Trinajstić information content (AvgIpc) is 3.11. The summed E-state index contributed by atoms with van der Waals surface area (Å²) in [7, 11) is 0. The van der Waals surface area contributed by atoms with E-state index in [-0.39, 0.29) is 35.5 Å². The number of nitro benzene ring substituents is 1. The Morgan fingerprint density at radius 1 is 1.35 bits per heavy atom. The van der Waals surface area contributed by atoms with E-state index in [0.29, 0.717) is 5.56 Å². The molecule has 26 heavy (non-hydrogen) atoms. The van der Waals surface area contributed by atoms with Crippen LogP contribution in [0, 0.1) is 27.9 Å². The standard InChI is InChI=1S/C19H21NO6/c1-2-26-19(23)17-16(11-6-8-12(9-7-11)20(24)25)15(10-21)13-4-3-5-14(13)18(17)22/h6-10,13-16,22H,2-5H2,1H3/t13-,14+,15+,16+/m0/s1. The Bertz CT molecular complexity index is 754. The summed E-state index contributed by atoms with van der Waals surface area (Å²) in [6, 6.07) is 5.78. The van der Waals surface area contributed by atoms with E-state index in [4.69, 9.17) is 4.74 Å². The van der Waals surface area contributed by atoms with Crippen molar-refractivity contribution in [2.45, 2.75) is 32.1 Å². The van der Waals surface area contributed by atoms with E-state index in [1.807, 2.05) is 0 Å². The van der Waals surface area contributed by atoms with Gasteiger partial charge in [-0.25, -0.2) is 4.79 Å². The molecule has 2 aliphatic rings. The minimum absolute atomic E-state index is 0.00685. The lowest BCUT2D eigenvalue weighted by atomic mass is 9.65. The fraction of sp³-hybridized carbons (Fsp3) is 0.474. The van der Waals surface area contributed by atoms with Gasteiger partial charge >= 0.3 is 5.97 Å². The van der Waals surface area contributed by atoms with Crippen molar-refractivity contribution < 1.29 is 24.4 Å². The molecule has 0 saturated heterocycles. The first kappa shape index (κ1) is 18.1. The largest absolute Gasteiger partial charge is 0.511 e. The number of allylic oxidation sites excluding steroid dienone is 1. The number of fused-ring (bicyclic) bond motifs is 1. The van der Waals surface area contributed by atoms with E-state index in [1.165, 1.54) is 12.1 Å². The van der Waals surface area contributed by atoms with Crippen molar-refractivity contribution in [1.29, 1.82) is 0 Å². The van der Waals surface area contributed by atoms with Crippen LogP contribution in [0.2, 0.25) is 0 Å². The minimum Gasteiger partial charge on any atom is -0.511 e. The number of aliphatic hydroxyl groups is 1. The highest BCUT2D eigenvalue weighted by atomic mass is 16.6. The Labute approximate surface area is 150 Å². The maximum Gasteiger partial charge on any atom is 0.338 e. The third-order valence-electron chi connectivity index (χ3n) is 5.50. The van der Waals surface area contributed by atoms with Gasteiger partial charge in [0.2, 0.25) is 0 Å². The summed E-state index contributed by atoms with van der Waals surface area (Å²) in [5.41, 5.74) is 0.630. The molecule has 0 amide bonds. The van der Waals surface area contributed by atoms with E-state index in [1.54, 1.807) is 19.1 Å². The van der Waals surface area contributed by atoms with Gasteiger partial charge in [-0.2, -0.15) is 0 Å². The van der Waals surface area contributed by atoms with Crippen LogP contribution in [-0.4, -0.2) is 28.9 Å². The third-order valence-corrected chi connectivity index (χ3v) is 5.50. The molecule has 138 valence electrons. The Hall–Kier alpha value is -2.70. The molecule has 0 bridgehead atoms. The maximum atomic E-state index is 12.6. The monoisotopic (exact) mass is 359 g/mol. The number of rotatable bonds is 5. The number of benzene rings is 1. The zero-order valence-electron chi connectivity index (χ0n) is 14.5. The molecule has 0 heterocycles. The molecule has 3 rings (SSSR count). The van der Waals surface area contributed by atoms with E-state index in [9.17, 15) is 24.8 Å². The number of aliphatic hydroxyl groups excluding tert-OH is 1. The zero-order chi connectivity index (χ0) is 18.8. The van der Waals surface area contributed by atoms with Gasteiger partial charge < -0.3 is 14.6 Å². The van der Waals surface area contributed by atoms with Gasteiger partial charge in [0.15, 0.2) is 0 Å². The van der Waals surface area contributed by atoms with Gasteiger partial charge in [-0.15, -0.1) is 0 Å². The van der Waals surface area contributed by atoms with Crippen molar-refractivity contribution >= 4 is 17.9 Å². The van der Waals surface area contributed by atoms with E-state index in [0.717, 1.165) is 25.5 Å². The topological polar surface area (TPSA) is 107 Å². The summed E-state index contributed by atoms with van der Waals surface area (Å²) in [6.07, 6.45) is 3.27. The molecule has 1 N–H and O–H groups in total. The SMILES string of the molecule is CCOC(=O)C1=C(O)[C@@H]2CCC[C@@H]2[C@@H](C=O)[C@H]1c1ccc([N+](=O)[O-])cc1. The Morgan fingerprint density at radius 3 is 2.62 bits per heavy atom. The number of nitrogens with zero attached hydrogens (tertiary/aromatic N) is 1. The molecule has 0 aromatic heterocycles. The van der Waals surface area contributed by atoms with Crippen molar-refractivity contribution in [2.75, 3.05) is 6.61 Å². The maximum absolute atomic E-state index is 12.6. The molecular weight excluding hydrogens is 338 g/mol. The summed E-state index contributed by atoms with van der Waals surface area (Å²) < 4.78 is 5.13. The molecule has 1 fully saturated rings. The highest BCUT2D eigenvalue weighted by molar-refractivity contribution is 5.92. The minimum atomic E-state index is -0.660. The molecule has 2 aliphatic carbocycles. The molecule has 1 aromatic rings. The number of aldehydes is 1. The highest BCUT2D eigenvalue weighted by Gasteiger charge is 2.49. The summed E-state index contributed by atoms with van der Waals surface area (Å²) in [6.45, 7) is 1.83. The van der Waals surface area contributed by atoms with Crippen molar-refractivity contribution in [3.8, 4) is 0 Å². The molecule has 0 unspecified atom stereocenters. The van der Waals surface area contributed by atoms with E-state index < -0.39 is 22.7 Å². The first-order chi connectivity index (χ1) is 12.5. The Morgan fingerprint density at radius 2 is 2.04 bits per heavy atom. The third kappa shape index (κ3) is 2.98. The molecule has 0 radical (unpaired) electrons.